The second-order valence-corrected chi connectivity index (χ2v) is 5.01. The number of pyridine rings is 1. The maximum Gasteiger partial charge on any atom is 0.253 e. The molecule has 24 heavy (non-hydrogen) atoms. The maximum atomic E-state index is 12.0. The Kier molecular flexibility index (Phi) is 5.10. The van der Waals surface area contributed by atoms with Crippen molar-refractivity contribution in [3.05, 3.63) is 54.2 Å². The lowest BCUT2D eigenvalue weighted by molar-refractivity contribution is -0.128. The molecule has 124 valence electrons. The third kappa shape index (κ3) is 3.86. The zero-order valence-corrected chi connectivity index (χ0v) is 13.0. The molecule has 1 aromatic carbocycles. The highest BCUT2D eigenvalue weighted by Gasteiger charge is 2.24. The van der Waals surface area contributed by atoms with Crippen LogP contribution >= 0.6 is 0 Å². The van der Waals surface area contributed by atoms with Gasteiger partial charge in [0.2, 0.25) is 11.8 Å². The van der Waals surface area contributed by atoms with Gasteiger partial charge in [0.05, 0.1) is 5.56 Å². The molecule has 2 rings (SSSR count). The number of hydrogen-bond acceptors (Lipinski definition) is 5. The van der Waals surface area contributed by atoms with Crippen molar-refractivity contribution >= 4 is 29.2 Å². The molecule has 2 aromatic rings. The molecule has 8 nitrogen and oxygen atoms in total. The second kappa shape index (κ2) is 7.23. The molecule has 0 radical (unpaired) electrons. The van der Waals surface area contributed by atoms with Gasteiger partial charge in [-0.15, -0.1) is 0 Å². The zero-order valence-electron chi connectivity index (χ0n) is 13.0. The number of carbonyl (C=O) groups excluding carboxylic acids is 3. The molecule has 0 fully saturated rings. The molecule has 0 aliphatic heterocycles. The van der Waals surface area contributed by atoms with E-state index in [0.717, 1.165) is 5.69 Å². The normalized spacial score (nSPS) is 10.2. The standard InChI is InChI=1S/C16H17N5O3/c1-21(11-5-3-2-4-6-11)12-8-7-10(9-19-12)16(24)20-13(14(17)22)15(18)23/h2-9,13H,1H3,(H2,17,22)(H2,18,23)(H,20,24). The van der Waals surface area contributed by atoms with E-state index in [0.29, 0.717) is 5.82 Å². The van der Waals surface area contributed by atoms with Crippen molar-refractivity contribution in [1.29, 1.82) is 0 Å². The van der Waals surface area contributed by atoms with Crippen molar-refractivity contribution < 1.29 is 14.4 Å². The summed E-state index contributed by atoms with van der Waals surface area (Å²) in [7, 11) is 1.84. The van der Waals surface area contributed by atoms with E-state index in [1.54, 1.807) is 6.07 Å². The fourth-order valence-corrected chi connectivity index (χ4v) is 2.00. The van der Waals surface area contributed by atoms with Crippen molar-refractivity contribution in [3.63, 3.8) is 0 Å². The largest absolute Gasteiger partial charge is 0.367 e. The predicted molar refractivity (Wildman–Crippen MR) is 88.4 cm³/mol. The maximum absolute atomic E-state index is 12.0. The van der Waals surface area contributed by atoms with Crippen LogP contribution in [0.2, 0.25) is 0 Å². The van der Waals surface area contributed by atoms with E-state index in [1.165, 1.54) is 12.3 Å². The van der Waals surface area contributed by atoms with E-state index in [1.807, 2.05) is 42.3 Å². The van der Waals surface area contributed by atoms with Crippen LogP contribution in [0.1, 0.15) is 10.4 Å². The highest BCUT2D eigenvalue weighted by molar-refractivity contribution is 6.08. The second-order valence-electron chi connectivity index (χ2n) is 5.01. The van der Waals surface area contributed by atoms with Crippen molar-refractivity contribution in [3.8, 4) is 0 Å². The summed E-state index contributed by atoms with van der Waals surface area (Å²) in [6.07, 6.45) is 1.34. The number of amides is 3. The van der Waals surface area contributed by atoms with Crippen molar-refractivity contribution in [2.45, 2.75) is 6.04 Å². The molecule has 0 bridgehead atoms. The molecule has 1 aromatic heterocycles. The first-order valence-corrected chi connectivity index (χ1v) is 7.04. The van der Waals surface area contributed by atoms with Crippen LogP contribution in [-0.4, -0.2) is 35.8 Å². The Morgan fingerprint density at radius 2 is 1.67 bits per heavy atom. The number of anilines is 2. The quantitative estimate of drug-likeness (QED) is 0.638. The molecule has 8 heteroatoms. The van der Waals surface area contributed by atoms with Gasteiger partial charge >= 0.3 is 0 Å². The Morgan fingerprint density at radius 3 is 2.17 bits per heavy atom. The van der Waals surface area contributed by atoms with Gasteiger partial charge in [-0.25, -0.2) is 4.98 Å². The Bertz CT molecular complexity index is 732. The molecule has 0 atom stereocenters. The summed E-state index contributed by atoms with van der Waals surface area (Å²) in [5.41, 5.74) is 11.1. The average Bonchev–Trinajstić information content (AvgIpc) is 2.59. The van der Waals surface area contributed by atoms with Gasteiger partial charge in [-0.1, -0.05) is 18.2 Å². The molecule has 0 spiro atoms. The first kappa shape index (κ1) is 16.9. The third-order valence-corrected chi connectivity index (χ3v) is 3.34. The molecule has 0 aliphatic carbocycles. The van der Waals surface area contributed by atoms with Crippen molar-refractivity contribution in [1.82, 2.24) is 10.3 Å². The summed E-state index contributed by atoms with van der Waals surface area (Å²) < 4.78 is 0. The number of nitrogens with two attached hydrogens (primary N) is 2. The lowest BCUT2D eigenvalue weighted by Gasteiger charge is -2.18. The van der Waals surface area contributed by atoms with Crippen molar-refractivity contribution in [2.24, 2.45) is 11.5 Å². The minimum atomic E-state index is -1.57. The minimum absolute atomic E-state index is 0.174. The Labute approximate surface area is 138 Å². The fourth-order valence-electron chi connectivity index (χ4n) is 2.00. The highest BCUT2D eigenvalue weighted by Crippen LogP contribution is 2.20. The number of benzene rings is 1. The molecular weight excluding hydrogens is 310 g/mol. The van der Waals surface area contributed by atoms with Crippen LogP contribution in [-0.2, 0) is 9.59 Å². The first-order chi connectivity index (χ1) is 11.4. The van der Waals surface area contributed by atoms with Gasteiger partial charge in [-0.2, -0.15) is 0 Å². The van der Waals surface area contributed by atoms with Crippen LogP contribution < -0.4 is 21.7 Å². The van der Waals surface area contributed by atoms with E-state index >= 15 is 0 Å². The smallest absolute Gasteiger partial charge is 0.253 e. The van der Waals surface area contributed by atoms with E-state index in [-0.39, 0.29) is 5.56 Å². The molecule has 5 N–H and O–H groups in total. The number of carbonyl (C=O) groups is 3. The topological polar surface area (TPSA) is 131 Å². The predicted octanol–water partition coefficient (Wildman–Crippen LogP) is -0.0815. The summed E-state index contributed by atoms with van der Waals surface area (Å²) in [6, 6.07) is 11.2. The van der Waals surface area contributed by atoms with Crippen LogP contribution in [0.25, 0.3) is 0 Å². The summed E-state index contributed by atoms with van der Waals surface area (Å²) in [6.45, 7) is 0. The molecule has 0 unspecified atom stereocenters. The average molecular weight is 327 g/mol. The summed E-state index contributed by atoms with van der Waals surface area (Å²) in [5, 5.41) is 2.17. The van der Waals surface area contributed by atoms with E-state index in [9.17, 15) is 14.4 Å². The molecule has 0 aliphatic rings. The van der Waals surface area contributed by atoms with Crippen LogP contribution in [0.15, 0.2) is 48.7 Å². The minimum Gasteiger partial charge on any atom is -0.367 e. The number of rotatable bonds is 6. The van der Waals surface area contributed by atoms with Crippen LogP contribution in [0.4, 0.5) is 11.5 Å². The number of nitrogens with one attached hydrogen (secondary N) is 1. The van der Waals surface area contributed by atoms with Gasteiger partial charge in [0.15, 0.2) is 6.04 Å². The molecule has 0 saturated carbocycles. The summed E-state index contributed by atoms with van der Waals surface area (Å²) in [5.74, 6) is -2.09. The fraction of sp³-hybridized carbons (Fsp3) is 0.125. The van der Waals surface area contributed by atoms with Gasteiger partial charge in [-0.05, 0) is 24.3 Å². The van der Waals surface area contributed by atoms with E-state index in [2.05, 4.69) is 10.3 Å². The van der Waals surface area contributed by atoms with Gasteiger partial charge in [0, 0.05) is 18.9 Å². The van der Waals surface area contributed by atoms with Gasteiger partial charge in [0.1, 0.15) is 5.82 Å². The zero-order chi connectivity index (χ0) is 17.7. The molecule has 3 amide bonds. The Hall–Kier alpha value is -3.42. The van der Waals surface area contributed by atoms with Crippen molar-refractivity contribution in [2.75, 3.05) is 11.9 Å². The number of hydrogen-bond donors (Lipinski definition) is 3. The summed E-state index contributed by atoms with van der Waals surface area (Å²) >= 11 is 0. The number of nitrogens with zero attached hydrogens (tertiary/aromatic N) is 2. The van der Waals surface area contributed by atoms with Gasteiger partial charge < -0.3 is 21.7 Å². The van der Waals surface area contributed by atoms with Crippen LogP contribution in [0.3, 0.4) is 0 Å². The van der Waals surface area contributed by atoms with E-state index in [4.69, 9.17) is 11.5 Å². The SMILES string of the molecule is CN(c1ccccc1)c1ccc(C(=O)NC(C(N)=O)C(N)=O)cn1. The third-order valence-electron chi connectivity index (χ3n) is 3.34. The Balaban J connectivity index is 2.13. The molecule has 1 heterocycles. The van der Waals surface area contributed by atoms with Crippen LogP contribution in [0, 0.1) is 0 Å². The lowest BCUT2D eigenvalue weighted by Crippen LogP contribution is -2.52. The first-order valence-electron chi connectivity index (χ1n) is 7.04. The number of para-hydroxylation sites is 1. The number of aromatic nitrogens is 1. The van der Waals surface area contributed by atoms with E-state index < -0.39 is 23.8 Å². The number of primary amides is 2. The molecule has 0 saturated heterocycles. The Morgan fingerprint density at radius 1 is 1.04 bits per heavy atom. The lowest BCUT2D eigenvalue weighted by atomic mass is 10.2. The van der Waals surface area contributed by atoms with Gasteiger partial charge in [-0.3, -0.25) is 14.4 Å². The van der Waals surface area contributed by atoms with Crippen LogP contribution in [0.5, 0.6) is 0 Å². The monoisotopic (exact) mass is 327 g/mol. The summed E-state index contributed by atoms with van der Waals surface area (Å²) in [4.78, 5) is 40.3. The highest BCUT2D eigenvalue weighted by atomic mass is 16.2. The molecular formula is C16H17N5O3. The van der Waals surface area contributed by atoms with Gasteiger partial charge in [0.25, 0.3) is 5.91 Å².